The highest BCUT2D eigenvalue weighted by Gasteiger charge is 2.11. The summed E-state index contributed by atoms with van der Waals surface area (Å²) in [5.74, 6) is 0.884. The molecule has 110 valence electrons. The molecule has 1 N–H and O–H groups in total. The van der Waals surface area contributed by atoms with Crippen molar-refractivity contribution in [3.63, 3.8) is 0 Å². The van der Waals surface area contributed by atoms with Crippen LogP contribution in [0.4, 0.5) is 5.82 Å². The highest BCUT2D eigenvalue weighted by atomic mass is 32.1. The number of nitrogens with one attached hydrogen (secondary N) is 1. The summed E-state index contributed by atoms with van der Waals surface area (Å²) in [7, 11) is 0. The Bertz CT molecular complexity index is 905. The molecule has 0 atom stereocenters. The Balaban J connectivity index is 1.83. The fraction of sp³-hybridized carbons (Fsp3) is 0.176. The molecule has 0 radical (unpaired) electrons. The lowest BCUT2D eigenvalue weighted by Crippen LogP contribution is -2.04. The number of anilines is 1. The lowest BCUT2D eigenvalue weighted by Gasteiger charge is -2.04. The van der Waals surface area contributed by atoms with Gasteiger partial charge in [-0.3, -0.25) is 0 Å². The highest BCUT2D eigenvalue weighted by Crippen LogP contribution is 2.33. The Morgan fingerprint density at radius 1 is 1.18 bits per heavy atom. The van der Waals surface area contributed by atoms with E-state index in [1.807, 2.05) is 22.8 Å². The molecule has 3 aromatic heterocycles. The van der Waals surface area contributed by atoms with Gasteiger partial charge in [-0.15, -0.1) is 16.4 Å². The summed E-state index contributed by atoms with van der Waals surface area (Å²) in [6.07, 6.45) is 2.98. The molecule has 0 unspecified atom stereocenters. The van der Waals surface area contributed by atoms with Gasteiger partial charge in [0.25, 0.3) is 0 Å². The number of hydrogen-bond donors (Lipinski definition) is 1. The summed E-state index contributed by atoms with van der Waals surface area (Å²) >= 11 is 1.77. The molecule has 4 rings (SSSR count). The van der Waals surface area contributed by atoms with Crippen LogP contribution in [-0.4, -0.2) is 21.1 Å². The van der Waals surface area contributed by atoms with Gasteiger partial charge in [-0.25, -0.2) is 9.50 Å². The molecule has 22 heavy (non-hydrogen) atoms. The second-order valence-corrected chi connectivity index (χ2v) is 6.29. The Labute approximate surface area is 132 Å². The predicted molar refractivity (Wildman–Crippen MR) is 92.6 cm³/mol. The summed E-state index contributed by atoms with van der Waals surface area (Å²) in [5, 5.41) is 9.26. The SMILES string of the molecule is CCCNc1ccc2ncc(-c3cc4ccccc4s3)n2n1. The van der Waals surface area contributed by atoms with Gasteiger partial charge < -0.3 is 5.32 Å². The molecule has 4 nitrogen and oxygen atoms in total. The van der Waals surface area contributed by atoms with Crippen LogP contribution in [0.25, 0.3) is 26.3 Å². The molecular formula is C17H16N4S. The smallest absolute Gasteiger partial charge is 0.154 e. The molecule has 4 aromatic rings. The van der Waals surface area contributed by atoms with E-state index in [0.717, 1.165) is 30.1 Å². The third-order valence-corrected chi connectivity index (χ3v) is 4.73. The van der Waals surface area contributed by atoms with Crippen LogP contribution in [0, 0.1) is 0 Å². The molecule has 3 heterocycles. The minimum atomic E-state index is 0.870. The van der Waals surface area contributed by atoms with Crippen LogP contribution in [0.15, 0.2) is 48.7 Å². The van der Waals surface area contributed by atoms with E-state index in [9.17, 15) is 0 Å². The molecule has 0 aliphatic carbocycles. The van der Waals surface area contributed by atoms with Gasteiger partial charge in [0.15, 0.2) is 5.65 Å². The summed E-state index contributed by atoms with van der Waals surface area (Å²) < 4.78 is 3.20. The molecule has 0 bridgehead atoms. The molecule has 1 aromatic carbocycles. The minimum absolute atomic E-state index is 0.870. The molecule has 5 heteroatoms. The summed E-state index contributed by atoms with van der Waals surface area (Å²) in [6, 6.07) is 14.6. The van der Waals surface area contributed by atoms with Crippen molar-refractivity contribution in [3.8, 4) is 10.6 Å². The molecular weight excluding hydrogens is 292 g/mol. The third-order valence-electron chi connectivity index (χ3n) is 3.60. The molecule has 0 aliphatic rings. The molecule has 0 aliphatic heterocycles. The summed E-state index contributed by atoms with van der Waals surface area (Å²) in [5.41, 5.74) is 1.91. The number of imidazole rings is 1. The molecule has 0 spiro atoms. The van der Waals surface area contributed by atoms with Gasteiger partial charge in [-0.2, -0.15) is 0 Å². The fourth-order valence-corrected chi connectivity index (χ4v) is 3.55. The number of aromatic nitrogens is 3. The maximum absolute atomic E-state index is 4.67. The monoisotopic (exact) mass is 308 g/mol. The van der Waals surface area contributed by atoms with E-state index in [2.05, 4.69) is 52.7 Å². The highest BCUT2D eigenvalue weighted by molar-refractivity contribution is 7.22. The molecule has 0 fully saturated rings. The van der Waals surface area contributed by atoms with Crippen LogP contribution in [0.5, 0.6) is 0 Å². The van der Waals surface area contributed by atoms with Crippen molar-refractivity contribution in [3.05, 3.63) is 48.7 Å². The van der Waals surface area contributed by atoms with Gasteiger partial charge in [0.2, 0.25) is 0 Å². The van der Waals surface area contributed by atoms with E-state index >= 15 is 0 Å². The van der Waals surface area contributed by atoms with Crippen molar-refractivity contribution in [2.24, 2.45) is 0 Å². The fourth-order valence-electron chi connectivity index (χ4n) is 2.50. The van der Waals surface area contributed by atoms with Gasteiger partial charge in [-0.1, -0.05) is 25.1 Å². The van der Waals surface area contributed by atoms with Gasteiger partial charge >= 0.3 is 0 Å². The van der Waals surface area contributed by atoms with E-state index in [1.54, 1.807) is 11.3 Å². The summed E-state index contributed by atoms with van der Waals surface area (Å²) in [6.45, 7) is 3.07. The topological polar surface area (TPSA) is 42.2 Å². The van der Waals surface area contributed by atoms with E-state index in [-0.39, 0.29) is 0 Å². The van der Waals surface area contributed by atoms with Crippen molar-refractivity contribution in [2.75, 3.05) is 11.9 Å². The van der Waals surface area contributed by atoms with Crippen molar-refractivity contribution in [1.29, 1.82) is 0 Å². The molecule has 0 amide bonds. The first kappa shape index (κ1) is 13.3. The normalized spacial score (nSPS) is 11.3. The zero-order valence-corrected chi connectivity index (χ0v) is 13.1. The average molecular weight is 308 g/mol. The Kier molecular flexibility index (Phi) is 3.27. The molecule has 0 saturated carbocycles. The van der Waals surface area contributed by atoms with Crippen molar-refractivity contribution < 1.29 is 0 Å². The van der Waals surface area contributed by atoms with E-state index in [0.29, 0.717) is 0 Å². The second kappa shape index (κ2) is 5.42. The number of fused-ring (bicyclic) bond motifs is 2. The predicted octanol–water partition coefficient (Wildman–Crippen LogP) is 4.43. The van der Waals surface area contributed by atoms with Crippen molar-refractivity contribution in [2.45, 2.75) is 13.3 Å². The standard InChI is InChI=1S/C17H16N4S/c1-2-9-18-16-7-8-17-19-11-13(21(17)20-16)15-10-12-5-3-4-6-14(12)22-15/h3-8,10-11H,2,9H2,1H3,(H,18,20). The van der Waals surface area contributed by atoms with E-state index < -0.39 is 0 Å². The largest absolute Gasteiger partial charge is 0.369 e. The maximum atomic E-state index is 4.67. The van der Waals surface area contributed by atoms with Gasteiger partial charge in [0, 0.05) is 11.2 Å². The first-order valence-corrected chi connectivity index (χ1v) is 8.24. The van der Waals surface area contributed by atoms with Crippen LogP contribution in [0.1, 0.15) is 13.3 Å². The van der Waals surface area contributed by atoms with Crippen LogP contribution in [0.3, 0.4) is 0 Å². The average Bonchev–Trinajstić information content (AvgIpc) is 3.15. The number of nitrogens with zero attached hydrogens (tertiary/aromatic N) is 3. The van der Waals surface area contributed by atoms with Crippen LogP contribution >= 0.6 is 11.3 Å². The van der Waals surface area contributed by atoms with Crippen molar-refractivity contribution in [1.82, 2.24) is 14.6 Å². The minimum Gasteiger partial charge on any atom is -0.369 e. The van der Waals surface area contributed by atoms with Gasteiger partial charge in [0.05, 0.1) is 11.1 Å². The van der Waals surface area contributed by atoms with Crippen LogP contribution in [-0.2, 0) is 0 Å². The maximum Gasteiger partial charge on any atom is 0.154 e. The Morgan fingerprint density at radius 2 is 2.09 bits per heavy atom. The van der Waals surface area contributed by atoms with Crippen LogP contribution < -0.4 is 5.32 Å². The molecule has 0 saturated heterocycles. The number of hydrogen-bond acceptors (Lipinski definition) is 4. The first-order chi connectivity index (χ1) is 10.8. The van der Waals surface area contributed by atoms with Crippen molar-refractivity contribution >= 4 is 32.9 Å². The van der Waals surface area contributed by atoms with Crippen LogP contribution in [0.2, 0.25) is 0 Å². The quantitative estimate of drug-likeness (QED) is 0.606. The summed E-state index contributed by atoms with van der Waals surface area (Å²) in [4.78, 5) is 5.65. The lowest BCUT2D eigenvalue weighted by molar-refractivity contribution is 0.911. The lowest BCUT2D eigenvalue weighted by atomic mass is 10.2. The van der Waals surface area contributed by atoms with E-state index in [4.69, 9.17) is 0 Å². The Morgan fingerprint density at radius 3 is 2.95 bits per heavy atom. The zero-order chi connectivity index (χ0) is 14.9. The zero-order valence-electron chi connectivity index (χ0n) is 12.3. The first-order valence-electron chi connectivity index (χ1n) is 7.43. The Hall–Kier alpha value is -2.40. The van der Waals surface area contributed by atoms with Gasteiger partial charge in [-0.05, 0) is 36.1 Å². The number of rotatable bonds is 4. The van der Waals surface area contributed by atoms with Gasteiger partial charge in [0.1, 0.15) is 11.5 Å². The number of benzene rings is 1. The number of thiophene rings is 1. The second-order valence-electron chi connectivity index (χ2n) is 5.21. The van der Waals surface area contributed by atoms with E-state index in [1.165, 1.54) is 15.0 Å². The third kappa shape index (κ3) is 2.23.